The Morgan fingerprint density at radius 1 is 1.35 bits per heavy atom. The first-order chi connectivity index (χ1) is 9.19. The number of carboxylic acid groups (broad SMARTS) is 1. The van der Waals surface area contributed by atoms with Crippen LogP contribution in [0.5, 0.6) is 0 Å². The van der Waals surface area contributed by atoms with E-state index < -0.39 is 17.7 Å². The van der Waals surface area contributed by atoms with Crippen molar-refractivity contribution < 1.29 is 19.4 Å². The Morgan fingerprint density at radius 3 is 2.55 bits per heavy atom. The van der Waals surface area contributed by atoms with Gasteiger partial charge in [-0.15, -0.1) is 0 Å². The van der Waals surface area contributed by atoms with Gasteiger partial charge >= 0.3 is 12.1 Å². The number of hydrogen-bond acceptors (Lipinski definition) is 4. The minimum atomic E-state index is -1.09. The zero-order chi connectivity index (χ0) is 15.1. The summed E-state index contributed by atoms with van der Waals surface area (Å²) in [6, 6.07) is 0. The maximum atomic E-state index is 12.0. The van der Waals surface area contributed by atoms with E-state index in [-0.39, 0.29) is 12.2 Å². The van der Waals surface area contributed by atoms with Crippen LogP contribution in [0.1, 0.15) is 37.1 Å². The van der Waals surface area contributed by atoms with Gasteiger partial charge in [0, 0.05) is 13.1 Å². The van der Waals surface area contributed by atoms with Crippen LogP contribution < -0.4 is 0 Å². The van der Waals surface area contributed by atoms with Crippen molar-refractivity contribution in [3.8, 4) is 0 Å². The first-order valence-electron chi connectivity index (χ1n) is 6.15. The van der Waals surface area contributed by atoms with E-state index in [1.54, 1.807) is 25.3 Å². The Hall–Kier alpha value is -1.57. The summed E-state index contributed by atoms with van der Waals surface area (Å²) < 4.78 is 7.49. The third-order valence-electron chi connectivity index (χ3n) is 2.76. The van der Waals surface area contributed by atoms with Gasteiger partial charge in [-0.05, 0) is 36.7 Å². The lowest BCUT2D eigenvalue weighted by Crippen LogP contribution is -2.41. The van der Waals surface area contributed by atoms with Gasteiger partial charge in [-0.3, -0.25) is 4.90 Å². The van der Waals surface area contributed by atoms with Gasteiger partial charge in [0.15, 0.2) is 5.69 Å². The smallest absolute Gasteiger partial charge is 0.410 e. The molecule has 1 aliphatic heterocycles. The number of carboxylic acids is 1. The minimum Gasteiger partial charge on any atom is -0.476 e. The summed E-state index contributed by atoms with van der Waals surface area (Å²) >= 11 is 3.23. The second-order valence-electron chi connectivity index (χ2n) is 5.53. The molecule has 0 saturated carbocycles. The Labute approximate surface area is 124 Å². The number of fused-ring (bicyclic) bond motifs is 1. The number of ether oxygens (including phenoxy) is 1. The molecular weight excluding hydrogens is 330 g/mol. The Morgan fingerprint density at radius 2 is 2.00 bits per heavy atom. The normalized spacial score (nSPS) is 14.9. The molecule has 1 aliphatic rings. The van der Waals surface area contributed by atoms with Gasteiger partial charge in [-0.2, -0.15) is 0 Å². The molecule has 0 unspecified atom stereocenters. The fourth-order valence-corrected chi connectivity index (χ4v) is 2.55. The molecule has 0 bridgehead atoms. The SMILES string of the molecule is CC(C)(C)OC(=O)N1CCn2c(nc(C(=O)O)c2Br)C1. The van der Waals surface area contributed by atoms with Crippen molar-refractivity contribution >= 4 is 28.0 Å². The number of halogens is 1. The fraction of sp³-hybridized carbons (Fsp3) is 0.583. The van der Waals surface area contributed by atoms with Gasteiger partial charge in [0.2, 0.25) is 0 Å². The van der Waals surface area contributed by atoms with Crippen LogP contribution in [0, 0.1) is 0 Å². The van der Waals surface area contributed by atoms with Gasteiger partial charge in [0.1, 0.15) is 16.0 Å². The molecule has 20 heavy (non-hydrogen) atoms. The Kier molecular flexibility index (Phi) is 3.77. The van der Waals surface area contributed by atoms with Gasteiger partial charge in [0.25, 0.3) is 0 Å². The van der Waals surface area contributed by atoms with Crippen LogP contribution in [-0.4, -0.2) is 43.8 Å². The topological polar surface area (TPSA) is 84.7 Å². The number of carbonyl (C=O) groups excluding carboxylic acids is 1. The van der Waals surface area contributed by atoms with Crippen LogP contribution >= 0.6 is 15.9 Å². The van der Waals surface area contributed by atoms with Crippen molar-refractivity contribution in [3.63, 3.8) is 0 Å². The molecule has 8 heteroatoms. The molecular formula is C12H16BrN3O4. The predicted octanol–water partition coefficient (Wildman–Crippen LogP) is 2.09. The summed E-state index contributed by atoms with van der Waals surface area (Å²) in [5, 5.41) is 9.03. The van der Waals surface area contributed by atoms with Gasteiger partial charge in [-0.25, -0.2) is 14.6 Å². The van der Waals surface area contributed by atoms with Crippen molar-refractivity contribution in [1.29, 1.82) is 0 Å². The third-order valence-corrected chi connectivity index (χ3v) is 3.57. The average Bonchev–Trinajstić information content (AvgIpc) is 2.64. The number of carbonyl (C=O) groups is 2. The highest BCUT2D eigenvalue weighted by Crippen LogP contribution is 2.24. The zero-order valence-electron chi connectivity index (χ0n) is 11.5. The average molecular weight is 346 g/mol. The third kappa shape index (κ3) is 2.95. The van der Waals surface area contributed by atoms with Crippen LogP contribution in [-0.2, 0) is 17.8 Å². The van der Waals surface area contributed by atoms with E-state index in [9.17, 15) is 9.59 Å². The van der Waals surface area contributed by atoms with Gasteiger partial charge < -0.3 is 14.4 Å². The highest BCUT2D eigenvalue weighted by atomic mass is 79.9. The minimum absolute atomic E-state index is 0.0361. The second kappa shape index (κ2) is 5.08. The van der Waals surface area contributed by atoms with Crippen LogP contribution in [0.3, 0.4) is 0 Å². The standard InChI is InChI=1S/C12H16BrN3O4/c1-12(2,3)20-11(19)15-4-5-16-7(6-15)14-8(9(16)13)10(17)18/h4-6H2,1-3H3,(H,17,18). The molecule has 110 valence electrons. The van der Waals surface area contributed by atoms with E-state index in [0.29, 0.717) is 23.5 Å². The number of aromatic nitrogens is 2. The second-order valence-corrected chi connectivity index (χ2v) is 6.28. The summed E-state index contributed by atoms with van der Waals surface area (Å²) in [6.07, 6.45) is -0.417. The van der Waals surface area contributed by atoms with E-state index in [4.69, 9.17) is 9.84 Å². The molecule has 1 aromatic heterocycles. The highest BCUT2D eigenvalue weighted by molar-refractivity contribution is 9.10. The molecule has 0 fully saturated rings. The molecule has 0 aliphatic carbocycles. The quantitative estimate of drug-likeness (QED) is 0.842. The lowest BCUT2D eigenvalue weighted by Gasteiger charge is -2.30. The monoisotopic (exact) mass is 345 g/mol. The van der Waals surface area contributed by atoms with E-state index in [2.05, 4.69) is 20.9 Å². The van der Waals surface area contributed by atoms with Crippen LogP contribution in [0.15, 0.2) is 4.60 Å². The molecule has 0 atom stereocenters. The number of amides is 1. The predicted molar refractivity (Wildman–Crippen MR) is 73.5 cm³/mol. The van der Waals surface area contributed by atoms with E-state index in [1.165, 1.54) is 4.90 Å². The van der Waals surface area contributed by atoms with Crippen LogP contribution in [0.2, 0.25) is 0 Å². The summed E-state index contributed by atoms with van der Waals surface area (Å²) in [6.45, 7) is 6.57. The summed E-state index contributed by atoms with van der Waals surface area (Å²) in [5.41, 5.74) is -0.595. The molecule has 2 rings (SSSR count). The van der Waals surface area contributed by atoms with Gasteiger partial charge in [-0.1, -0.05) is 0 Å². The van der Waals surface area contributed by atoms with Crippen molar-refractivity contribution in [2.45, 2.75) is 39.5 Å². The summed E-state index contributed by atoms with van der Waals surface area (Å²) in [4.78, 5) is 28.6. The summed E-state index contributed by atoms with van der Waals surface area (Å²) in [5.74, 6) is -0.561. The number of aromatic carboxylic acids is 1. The van der Waals surface area contributed by atoms with E-state index >= 15 is 0 Å². The fourth-order valence-electron chi connectivity index (χ4n) is 1.91. The number of nitrogens with zero attached hydrogens (tertiary/aromatic N) is 3. The molecule has 1 amide bonds. The molecule has 1 N–H and O–H groups in total. The molecule has 7 nitrogen and oxygen atoms in total. The zero-order valence-corrected chi connectivity index (χ0v) is 13.1. The summed E-state index contributed by atoms with van der Waals surface area (Å²) in [7, 11) is 0. The Bertz CT molecular complexity index is 562. The molecule has 2 heterocycles. The maximum Gasteiger partial charge on any atom is 0.410 e. The first-order valence-corrected chi connectivity index (χ1v) is 6.94. The van der Waals surface area contributed by atoms with Gasteiger partial charge in [0.05, 0.1) is 6.54 Å². The first kappa shape index (κ1) is 14.8. The Balaban J connectivity index is 2.17. The number of imidazole rings is 1. The molecule has 0 aromatic carbocycles. The van der Waals surface area contributed by atoms with Crippen LogP contribution in [0.25, 0.3) is 0 Å². The van der Waals surface area contributed by atoms with Crippen molar-refractivity contribution in [3.05, 3.63) is 16.1 Å². The maximum absolute atomic E-state index is 12.0. The number of rotatable bonds is 1. The van der Waals surface area contributed by atoms with Crippen molar-refractivity contribution in [2.75, 3.05) is 6.54 Å². The molecule has 0 spiro atoms. The largest absolute Gasteiger partial charge is 0.476 e. The van der Waals surface area contributed by atoms with Crippen molar-refractivity contribution in [1.82, 2.24) is 14.5 Å². The highest BCUT2D eigenvalue weighted by Gasteiger charge is 2.29. The lowest BCUT2D eigenvalue weighted by molar-refractivity contribution is 0.0194. The lowest BCUT2D eigenvalue weighted by atomic mass is 10.2. The van der Waals surface area contributed by atoms with E-state index in [0.717, 1.165) is 0 Å². The molecule has 0 saturated heterocycles. The van der Waals surface area contributed by atoms with Crippen LogP contribution in [0.4, 0.5) is 4.79 Å². The molecule has 0 radical (unpaired) electrons. The molecule has 1 aromatic rings. The van der Waals surface area contributed by atoms with Crippen molar-refractivity contribution in [2.24, 2.45) is 0 Å². The number of hydrogen-bond donors (Lipinski definition) is 1. The van der Waals surface area contributed by atoms with E-state index in [1.807, 2.05) is 0 Å².